The van der Waals surface area contributed by atoms with E-state index in [1.54, 1.807) is 18.5 Å². The highest BCUT2D eigenvalue weighted by Gasteiger charge is 2.19. The molecular weight excluding hydrogens is 194 g/mol. The fraction of sp³-hybridized carbons (Fsp3) is 0.429. The summed E-state index contributed by atoms with van der Waals surface area (Å²) in [6, 6.07) is -0.751. The van der Waals surface area contributed by atoms with E-state index in [0.717, 1.165) is 0 Å². The monoisotopic (exact) mass is 203 g/mol. The van der Waals surface area contributed by atoms with Crippen molar-refractivity contribution in [2.24, 2.45) is 10.7 Å². The number of halogens is 1. The van der Waals surface area contributed by atoms with Crippen LogP contribution in [0.1, 0.15) is 6.42 Å². The van der Waals surface area contributed by atoms with Crippen molar-refractivity contribution in [2.45, 2.75) is 18.6 Å². The Bertz CT molecular complexity index is 242. The average Bonchev–Trinajstić information content (AvgIpc) is 2.18. The molecule has 0 aromatic rings. The molecule has 2 unspecified atom stereocenters. The van der Waals surface area contributed by atoms with Crippen molar-refractivity contribution in [3.63, 3.8) is 0 Å². The van der Waals surface area contributed by atoms with E-state index in [1.807, 2.05) is 0 Å². The predicted octanol–water partition coefficient (Wildman–Crippen LogP) is -0.0854. The maximum absolute atomic E-state index is 10.8. The molecule has 0 saturated heterocycles. The fourth-order valence-corrected chi connectivity index (χ4v) is 1.04. The Morgan fingerprint density at radius 2 is 2.62 bits per heavy atom. The summed E-state index contributed by atoms with van der Waals surface area (Å²) in [5.41, 5.74) is 5.46. The molecule has 1 rings (SSSR count). The van der Waals surface area contributed by atoms with Crippen LogP contribution >= 0.6 is 11.9 Å². The quantitative estimate of drug-likeness (QED) is 0.673. The Labute approximate surface area is 80.8 Å². The molecule has 0 fully saturated rings. The van der Waals surface area contributed by atoms with Gasteiger partial charge in [-0.2, -0.15) is 0 Å². The van der Waals surface area contributed by atoms with Crippen LogP contribution in [0.15, 0.2) is 17.3 Å². The standard InChI is InChI=1S/C7H10ClN3O2/c8-13-7(12)5(9)4-6-10-2-1-3-11-6/h1-3,5-6,10H,4,9H2. The second kappa shape index (κ2) is 4.84. The third kappa shape index (κ3) is 3.04. The SMILES string of the molecule is NC(CC1N=CC=CN1)C(=O)OCl. The highest BCUT2D eigenvalue weighted by Crippen LogP contribution is 2.02. The van der Waals surface area contributed by atoms with Crippen molar-refractivity contribution in [1.29, 1.82) is 0 Å². The summed E-state index contributed by atoms with van der Waals surface area (Å²) in [7, 11) is 0. The van der Waals surface area contributed by atoms with Crippen molar-refractivity contribution < 1.29 is 9.08 Å². The van der Waals surface area contributed by atoms with Gasteiger partial charge in [0.2, 0.25) is 0 Å². The zero-order valence-corrected chi connectivity index (χ0v) is 7.57. The van der Waals surface area contributed by atoms with Crippen molar-refractivity contribution in [3.05, 3.63) is 12.3 Å². The number of nitrogens with two attached hydrogens (primary N) is 1. The number of nitrogens with zero attached hydrogens (tertiary/aromatic N) is 1. The molecule has 0 radical (unpaired) electrons. The second-order valence-corrected chi connectivity index (χ2v) is 2.73. The van der Waals surface area contributed by atoms with Crippen LogP contribution in [0.25, 0.3) is 0 Å². The molecule has 0 bridgehead atoms. The van der Waals surface area contributed by atoms with Crippen LogP contribution < -0.4 is 11.1 Å². The van der Waals surface area contributed by atoms with Gasteiger partial charge in [-0.25, -0.2) is 4.79 Å². The van der Waals surface area contributed by atoms with E-state index in [9.17, 15) is 4.79 Å². The molecular formula is C7H10ClN3O2. The second-order valence-electron chi connectivity index (χ2n) is 2.58. The van der Waals surface area contributed by atoms with E-state index in [-0.39, 0.29) is 6.17 Å². The summed E-state index contributed by atoms with van der Waals surface area (Å²) >= 11 is 4.86. The molecule has 13 heavy (non-hydrogen) atoms. The number of carbonyl (C=O) groups excluding carboxylic acids is 1. The van der Waals surface area contributed by atoms with Gasteiger partial charge in [-0.15, -0.1) is 0 Å². The Morgan fingerprint density at radius 1 is 1.85 bits per heavy atom. The Hall–Kier alpha value is -1.07. The summed E-state index contributed by atoms with van der Waals surface area (Å²) in [5.74, 6) is -0.645. The number of carbonyl (C=O) groups is 1. The minimum atomic E-state index is -0.751. The zero-order chi connectivity index (χ0) is 9.68. The first-order valence-electron chi connectivity index (χ1n) is 3.76. The number of hydrogen-bond donors (Lipinski definition) is 2. The lowest BCUT2D eigenvalue weighted by molar-refractivity contribution is -0.135. The fourth-order valence-electron chi connectivity index (χ4n) is 0.929. The first kappa shape index (κ1) is 10.0. The molecule has 72 valence electrons. The van der Waals surface area contributed by atoms with Crippen LogP contribution in [0, 0.1) is 0 Å². The van der Waals surface area contributed by atoms with E-state index < -0.39 is 12.0 Å². The molecule has 0 aliphatic carbocycles. The molecule has 0 saturated carbocycles. The van der Waals surface area contributed by atoms with Crippen LogP contribution in [-0.2, 0) is 9.08 Å². The smallest absolute Gasteiger partial charge is 0.341 e. The summed E-state index contributed by atoms with van der Waals surface area (Å²) in [4.78, 5) is 14.8. The number of hydrogen-bond acceptors (Lipinski definition) is 5. The van der Waals surface area contributed by atoms with Crippen LogP contribution in [0.3, 0.4) is 0 Å². The van der Waals surface area contributed by atoms with Crippen LogP contribution in [0.2, 0.25) is 0 Å². The highest BCUT2D eigenvalue weighted by atomic mass is 35.5. The van der Waals surface area contributed by atoms with E-state index in [1.165, 1.54) is 0 Å². The average molecular weight is 204 g/mol. The summed E-state index contributed by atoms with van der Waals surface area (Å²) in [5, 5.41) is 2.92. The summed E-state index contributed by atoms with van der Waals surface area (Å²) < 4.78 is 3.96. The third-order valence-corrected chi connectivity index (χ3v) is 1.74. The minimum absolute atomic E-state index is 0.184. The van der Waals surface area contributed by atoms with Crippen molar-refractivity contribution in [1.82, 2.24) is 5.32 Å². The zero-order valence-electron chi connectivity index (χ0n) is 6.81. The highest BCUT2D eigenvalue weighted by molar-refractivity contribution is 6.13. The lowest BCUT2D eigenvalue weighted by Gasteiger charge is -2.17. The summed E-state index contributed by atoms with van der Waals surface area (Å²) in [6.07, 6.45) is 5.29. The molecule has 2 atom stereocenters. The molecule has 0 spiro atoms. The molecule has 1 heterocycles. The van der Waals surface area contributed by atoms with Crippen molar-refractivity contribution in [3.8, 4) is 0 Å². The maximum Gasteiger partial charge on any atom is 0.341 e. The minimum Gasteiger partial charge on any atom is -0.370 e. The van der Waals surface area contributed by atoms with E-state index in [4.69, 9.17) is 17.6 Å². The molecule has 5 nitrogen and oxygen atoms in total. The molecule has 1 aliphatic heterocycles. The molecule has 0 amide bonds. The Balaban J connectivity index is 2.36. The van der Waals surface area contributed by atoms with Gasteiger partial charge in [0.25, 0.3) is 0 Å². The largest absolute Gasteiger partial charge is 0.370 e. The van der Waals surface area contributed by atoms with Gasteiger partial charge < -0.3 is 15.3 Å². The van der Waals surface area contributed by atoms with Crippen LogP contribution in [-0.4, -0.2) is 24.4 Å². The van der Waals surface area contributed by atoms with Crippen LogP contribution in [0.4, 0.5) is 0 Å². The molecule has 0 aromatic carbocycles. The van der Waals surface area contributed by atoms with Gasteiger partial charge in [-0.1, -0.05) is 0 Å². The topological polar surface area (TPSA) is 76.7 Å². The van der Waals surface area contributed by atoms with Gasteiger partial charge in [0, 0.05) is 12.6 Å². The lowest BCUT2D eigenvalue weighted by atomic mass is 10.2. The maximum atomic E-state index is 10.8. The van der Waals surface area contributed by atoms with Crippen molar-refractivity contribution >= 4 is 24.0 Å². The number of rotatable bonds is 3. The van der Waals surface area contributed by atoms with Gasteiger partial charge in [0.1, 0.15) is 24.1 Å². The van der Waals surface area contributed by atoms with E-state index >= 15 is 0 Å². The van der Waals surface area contributed by atoms with Crippen LogP contribution in [0.5, 0.6) is 0 Å². The van der Waals surface area contributed by atoms with Gasteiger partial charge in [0.05, 0.1) is 0 Å². The molecule has 3 N–H and O–H groups in total. The lowest BCUT2D eigenvalue weighted by Crippen LogP contribution is -2.38. The number of allylic oxidation sites excluding steroid dienone is 1. The normalized spacial score (nSPS) is 22.2. The molecule has 6 heteroatoms. The van der Waals surface area contributed by atoms with Gasteiger partial charge in [-0.05, 0) is 12.3 Å². The number of nitrogens with one attached hydrogen (secondary N) is 1. The molecule has 1 aliphatic rings. The van der Waals surface area contributed by atoms with Gasteiger partial charge >= 0.3 is 5.97 Å². The van der Waals surface area contributed by atoms with Gasteiger partial charge in [0.15, 0.2) is 0 Å². The van der Waals surface area contributed by atoms with E-state index in [2.05, 4.69) is 14.6 Å². The Kier molecular flexibility index (Phi) is 3.72. The molecule has 0 aromatic heterocycles. The van der Waals surface area contributed by atoms with E-state index in [0.29, 0.717) is 6.42 Å². The van der Waals surface area contributed by atoms with Crippen molar-refractivity contribution in [2.75, 3.05) is 0 Å². The third-order valence-electron chi connectivity index (χ3n) is 1.59. The first-order chi connectivity index (χ1) is 6.24. The predicted molar refractivity (Wildman–Crippen MR) is 49.1 cm³/mol. The Morgan fingerprint density at radius 3 is 3.15 bits per heavy atom. The number of aliphatic imine (C=N–C) groups is 1. The van der Waals surface area contributed by atoms with Gasteiger partial charge in [-0.3, -0.25) is 4.99 Å². The summed E-state index contributed by atoms with van der Waals surface area (Å²) in [6.45, 7) is 0. The first-order valence-corrected chi connectivity index (χ1v) is 4.07.